The molecular formula is C17H15N3S. The van der Waals surface area contributed by atoms with Crippen LogP contribution < -0.4 is 10.6 Å². The Morgan fingerprint density at radius 1 is 0.952 bits per heavy atom. The average molecular weight is 293 g/mol. The third kappa shape index (κ3) is 3.17. The molecule has 0 aliphatic rings. The molecule has 0 bridgehead atoms. The van der Waals surface area contributed by atoms with Crippen LogP contribution >= 0.6 is 12.2 Å². The monoisotopic (exact) mass is 293 g/mol. The van der Waals surface area contributed by atoms with Crippen LogP contribution in [0, 0.1) is 6.92 Å². The molecule has 0 fully saturated rings. The number of nitrogens with one attached hydrogen (secondary N) is 2. The van der Waals surface area contributed by atoms with Gasteiger partial charge in [-0.05, 0) is 43.4 Å². The van der Waals surface area contributed by atoms with E-state index < -0.39 is 0 Å². The number of thiocarbonyl (C=S) groups is 1. The summed E-state index contributed by atoms with van der Waals surface area (Å²) in [6, 6.07) is 19.9. The molecule has 0 aliphatic heterocycles. The maximum absolute atomic E-state index is 5.38. The lowest BCUT2D eigenvalue weighted by atomic mass is 10.1. The highest BCUT2D eigenvalue weighted by atomic mass is 32.1. The number of hydrogen-bond donors (Lipinski definition) is 2. The summed E-state index contributed by atoms with van der Waals surface area (Å²) in [4.78, 5) is 4.52. The van der Waals surface area contributed by atoms with Gasteiger partial charge >= 0.3 is 0 Å². The highest BCUT2D eigenvalue weighted by Crippen LogP contribution is 2.23. The Morgan fingerprint density at radius 3 is 2.48 bits per heavy atom. The van der Waals surface area contributed by atoms with Gasteiger partial charge in [0.25, 0.3) is 0 Å². The Balaban J connectivity index is 1.86. The van der Waals surface area contributed by atoms with Gasteiger partial charge in [0.15, 0.2) is 5.11 Å². The Kier molecular flexibility index (Phi) is 3.79. The summed E-state index contributed by atoms with van der Waals surface area (Å²) in [6.45, 7) is 1.98. The molecule has 0 atom stereocenters. The fourth-order valence-electron chi connectivity index (χ4n) is 2.22. The molecule has 0 radical (unpaired) electrons. The number of aromatic nitrogens is 1. The highest BCUT2D eigenvalue weighted by Gasteiger charge is 2.05. The van der Waals surface area contributed by atoms with E-state index in [4.69, 9.17) is 12.2 Å². The zero-order chi connectivity index (χ0) is 14.7. The summed E-state index contributed by atoms with van der Waals surface area (Å²) >= 11 is 5.38. The van der Waals surface area contributed by atoms with E-state index in [2.05, 4.69) is 15.6 Å². The zero-order valence-electron chi connectivity index (χ0n) is 11.6. The number of benzene rings is 2. The van der Waals surface area contributed by atoms with Gasteiger partial charge in [-0.1, -0.05) is 36.4 Å². The van der Waals surface area contributed by atoms with Crippen LogP contribution in [0.4, 0.5) is 11.4 Å². The van der Waals surface area contributed by atoms with Crippen molar-refractivity contribution >= 4 is 39.6 Å². The topological polar surface area (TPSA) is 37.0 Å². The second-order valence-corrected chi connectivity index (χ2v) is 5.18. The summed E-state index contributed by atoms with van der Waals surface area (Å²) in [5.74, 6) is 0. The molecule has 0 unspecified atom stereocenters. The molecule has 104 valence electrons. The van der Waals surface area contributed by atoms with Crippen molar-refractivity contribution in [3.8, 4) is 0 Å². The first-order valence-electron chi connectivity index (χ1n) is 6.72. The van der Waals surface area contributed by atoms with Crippen LogP contribution in [0.1, 0.15) is 5.69 Å². The number of hydrogen-bond acceptors (Lipinski definition) is 2. The van der Waals surface area contributed by atoms with Gasteiger partial charge in [0.05, 0.1) is 11.2 Å². The number of fused-ring (bicyclic) bond motifs is 1. The third-order valence-corrected chi connectivity index (χ3v) is 3.33. The van der Waals surface area contributed by atoms with Gasteiger partial charge in [0, 0.05) is 16.8 Å². The Hall–Kier alpha value is -2.46. The molecule has 1 aromatic heterocycles. The number of anilines is 2. The summed E-state index contributed by atoms with van der Waals surface area (Å²) in [6.07, 6.45) is 0. The van der Waals surface area contributed by atoms with Crippen LogP contribution in [0.5, 0.6) is 0 Å². The number of pyridine rings is 1. The predicted octanol–water partition coefficient (Wildman–Crippen LogP) is 4.35. The molecule has 3 aromatic rings. The van der Waals surface area contributed by atoms with Crippen molar-refractivity contribution in [3.05, 3.63) is 66.4 Å². The maximum Gasteiger partial charge on any atom is 0.175 e. The van der Waals surface area contributed by atoms with E-state index >= 15 is 0 Å². The predicted molar refractivity (Wildman–Crippen MR) is 92.8 cm³/mol. The largest absolute Gasteiger partial charge is 0.332 e. The summed E-state index contributed by atoms with van der Waals surface area (Å²) in [5.41, 5.74) is 3.85. The minimum atomic E-state index is 0.567. The quantitative estimate of drug-likeness (QED) is 0.689. The molecule has 0 saturated heterocycles. The van der Waals surface area contributed by atoms with Crippen LogP contribution in [-0.4, -0.2) is 10.1 Å². The van der Waals surface area contributed by atoms with Crippen molar-refractivity contribution in [1.29, 1.82) is 0 Å². The van der Waals surface area contributed by atoms with E-state index in [1.807, 2.05) is 67.6 Å². The van der Waals surface area contributed by atoms with Crippen molar-refractivity contribution in [2.45, 2.75) is 6.92 Å². The third-order valence-electron chi connectivity index (χ3n) is 3.12. The molecule has 2 aromatic carbocycles. The number of aryl methyl sites for hydroxylation is 1. The molecule has 0 amide bonds. The molecule has 21 heavy (non-hydrogen) atoms. The Labute approximate surface area is 129 Å². The van der Waals surface area contributed by atoms with Gasteiger partial charge in [-0.3, -0.25) is 4.98 Å². The fraction of sp³-hybridized carbons (Fsp3) is 0.0588. The van der Waals surface area contributed by atoms with Gasteiger partial charge in [0.1, 0.15) is 0 Å². The van der Waals surface area contributed by atoms with E-state index in [0.717, 1.165) is 28.0 Å². The van der Waals surface area contributed by atoms with Crippen molar-refractivity contribution in [2.75, 3.05) is 10.6 Å². The SMILES string of the molecule is Cc1cc(NC(=S)Nc2ccccc2)c2ccccc2n1. The van der Waals surface area contributed by atoms with Gasteiger partial charge in [-0.15, -0.1) is 0 Å². The molecule has 4 heteroatoms. The van der Waals surface area contributed by atoms with Crippen molar-refractivity contribution in [3.63, 3.8) is 0 Å². The van der Waals surface area contributed by atoms with Gasteiger partial charge in [-0.2, -0.15) is 0 Å². The lowest BCUT2D eigenvalue weighted by Gasteiger charge is -2.13. The standard InChI is InChI=1S/C17H15N3S/c1-12-11-16(14-9-5-6-10-15(14)18-12)20-17(21)19-13-7-3-2-4-8-13/h2-11H,1H3,(H2,18,19,20,21). The molecule has 2 N–H and O–H groups in total. The second kappa shape index (κ2) is 5.89. The first-order valence-corrected chi connectivity index (χ1v) is 7.12. The van der Waals surface area contributed by atoms with E-state index in [0.29, 0.717) is 5.11 Å². The minimum absolute atomic E-state index is 0.567. The second-order valence-electron chi connectivity index (χ2n) is 4.77. The summed E-state index contributed by atoms with van der Waals surface area (Å²) < 4.78 is 0. The molecule has 0 aliphatic carbocycles. The average Bonchev–Trinajstić information content (AvgIpc) is 2.48. The lowest BCUT2D eigenvalue weighted by Crippen LogP contribution is -2.19. The van der Waals surface area contributed by atoms with Crippen molar-refractivity contribution in [2.24, 2.45) is 0 Å². The summed E-state index contributed by atoms with van der Waals surface area (Å²) in [5, 5.41) is 8.05. The van der Waals surface area contributed by atoms with E-state index in [1.165, 1.54) is 0 Å². The van der Waals surface area contributed by atoms with Crippen LogP contribution in [-0.2, 0) is 0 Å². The first-order chi connectivity index (χ1) is 10.2. The molecule has 1 heterocycles. The van der Waals surface area contributed by atoms with Crippen LogP contribution in [0.25, 0.3) is 10.9 Å². The van der Waals surface area contributed by atoms with Gasteiger partial charge in [-0.25, -0.2) is 0 Å². The first kappa shape index (κ1) is 13.5. The van der Waals surface area contributed by atoms with Gasteiger partial charge < -0.3 is 10.6 Å². The molecule has 3 nitrogen and oxygen atoms in total. The zero-order valence-corrected chi connectivity index (χ0v) is 12.4. The van der Waals surface area contributed by atoms with Crippen LogP contribution in [0.3, 0.4) is 0 Å². The van der Waals surface area contributed by atoms with Crippen LogP contribution in [0.2, 0.25) is 0 Å². The van der Waals surface area contributed by atoms with Crippen molar-refractivity contribution < 1.29 is 0 Å². The van der Waals surface area contributed by atoms with E-state index in [-0.39, 0.29) is 0 Å². The number of nitrogens with zero attached hydrogens (tertiary/aromatic N) is 1. The van der Waals surface area contributed by atoms with E-state index in [1.54, 1.807) is 0 Å². The maximum atomic E-state index is 5.38. The smallest absolute Gasteiger partial charge is 0.175 e. The van der Waals surface area contributed by atoms with E-state index in [9.17, 15) is 0 Å². The Bertz CT molecular complexity index is 784. The number of rotatable bonds is 2. The normalized spacial score (nSPS) is 10.3. The molecule has 3 rings (SSSR count). The highest BCUT2D eigenvalue weighted by molar-refractivity contribution is 7.80. The molecular weight excluding hydrogens is 278 g/mol. The van der Waals surface area contributed by atoms with Crippen molar-refractivity contribution in [1.82, 2.24) is 4.98 Å². The molecule has 0 saturated carbocycles. The Morgan fingerprint density at radius 2 is 1.67 bits per heavy atom. The number of para-hydroxylation sites is 2. The fourth-order valence-corrected chi connectivity index (χ4v) is 2.45. The minimum Gasteiger partial charge on any atom is -0.332 e. The summed E-state index contributed by atoms with van der Waals surface area (Å²) in [7, 11) is 0. The lowest BCUT2D eigenvalue weighted by molar-refractivity contribution is 1.26. The molecule has 0 spiro atoms. The van der Waals surface area contributed by atoms with Gasteiger partial charge in [0.2, 0.25) is 0 Å². The van der Waals surface area contributed by atoms with Crippen LogP contribution in [0.15, 0.2) is 60.7 Å².